The van der Waals surface area contributed by atoms with Gasteiger partial charge in [0, 0.05) is 22.3 Å². The van der Waals surface area contributed by atoms with Crippen LogP contribution < -0.4 is 0 Å². The lowest BCUT2D eigenvalue weighted by atomic mass is 10.1. The molecule has 0 amide bonds. The van der Waals surface area contributed by atoms with Crippen molar-refractivity contribution in [3.8, 4) is 11.1 Å². The van der Waals surface area contributed by atoms with Gasteiger partial charge in [-0.05, 0) is 31.5 Å². The molecule has 0 spiro atoms. The van der Waals surface area contributed by atoms with Crippen LogP contribution in [0.5, 0.6) is 0 Å². The fourth-order valence-corrected chi connectivity index (χ4v) is 2.43. The van der Waals surface area contributed by atoms with Crippen LogP contribution in [0.4, 0.5) is 0 Å². The average molecular weight is 308 g/mol. The molecule has 2 rings (SSSR count). The summed E-state index contributed by atoms with van der Waals surface area (Å²) in [5.41, 5.74) is 2.23. The van der Waals surface area contributed by atoms with E-state index < -0.39 is 5.97 Å². The highest BCUT2D eigenvalue weighted by Crippen LogP contribution is 2.30. The van der Waals surface area contributed by atoms with Crippen molar-refractivity contribution in [2.45, 2.75) is 19.9 Å². The molecular formula is C14H14BrNO2. The largest absolute Gasteiger partial charge is 0.477 e. The first-order valence-corrected chi connectivity index (χ1v) is 6.50. The predicted molar refractivity (Wildman–Crippen MR) is 74.9 cm³/mol. The fraction of sp³-hybridized carbons (Fsp3) is 0.214. The van der Waals surface area contributed by atoms with Crippen LogP contribution in [0, 0.1) is 0 Å². The number of benzene rings is 1. The molecule has 1 heterocycles. The first-order chi connectivity index (χ1) is 8.50. The lowest BCUT2D eigenvalue weighted by Crippen LogP contribution is -2.09. The summed E-state index contributed by atoms with van der Waals surface area (Å²) in [5, 5.41) is 9.21. The number of carbonyl (C=O) groups is 1. The molecule has 94 valence electrons. The van der Waals surface area contributed by atoms with Gasteiger partial charge in [0.2, 0.25) is 0 Å². The smallest absolute Gasteiger partial charge is 0.352 e. The third-order valence-electron chi connectivity index (χ3n) is 2.81. The van der Waals surface area contributed by atoms with Crippen molar-refractivity contribution < 1.29 is 9.90 Å². The van der Waals surface area contributed by atoms with Gasteiger partial charge in [0.25, 0.3) is 0 Å². The van der Waals surface area contributed by atoms with Crippen LogP contribution in [0.25, 0.3) is 11.1 Å². The Morgan fingerprint density at radius 2 is 2.00 bits per heavy atom. The molecule has 3 nitrogen and oxygen atoms in total. The molecule has 4 heteroatoms. The van der Waals surface area contributed by atoms with Gasteiger partial charge in [-0.15, -0.1) is 0 Å². The molecule has 0 fully saturated rings. The molecule has 0 atom stereocenters. The molecule has 0 aliphatic carbocycles. The first-order valence-electron chi connectivity index (χ1n) is 5.70. The van der Waals surface area contributed by atoms with Crippen LogP contribution in [0.2, 0.25) is 0 Å². The number of hydrogen-bond acceptors (Lipinski definition) is 1. The zero-order chi connectivity index (χ0) is 13.3. The van der Waals surface area contributed by atoms with Crippen LogP contribution in [-0.2, 0) is 0 Å². The highest BCUT2D eigenvalue weighted by atomic mass is 79.9. The third kappa shape index (κ3) is 2.34. The standard InChI is InChI=1S/C14H14BrNO2/c1-9(2)16-8-10(7-13(16)14(17)18)11-5-3-4-6-12(11)15/h3-9H,1-2H3,(H,17,18). The molecule has 0 aliphatic heterocycles. The van der Waals surface area contributed by atoms with E-state index in [0.717, 1.165) is 15.6 Å². The molecule has 0 saturated carbocycles. The van der Waals surface area contributed by atoms with Gasteiger partial charge in [-0.2, -0.15) is 0 Å². The van der Waals surface area contributed by atoms with Crippen molar-refractivity contribution in [3.63, 3.8) is 0 Å². The van der Waals surface area contributed by atoms with E-state index >= 15 is 0 Å². The maximum atomic E-state index is 11.2. The highest BCUT2D eigenvalue weighted by Gasteiger charge is 2.16. The average Bonchev–Trinajstić information content (AvgIpc) is 2.74. The summed E-state index contributed by atoms with van der Waals surface area (Å²) in [5.74, 6) is -0.901. The summed E-state index contributed by atoms with van der Waals surface area (Å²) in [6.45, 7) is 3.94. The van der Waals surface area contributed by atoms with E-state index in [0.29, 0.717) is 5.69 Å². The Hall–Kier alpha value is -1.55. The summed E-state index contributed by atoms with van der Waals surface area (Å²) in [6.07, 6.45) is 1.88. The van der Waals surface area contributed by atoms with Crippen molar-refractivity contribution in [3.05, 3.63) is 46.7 Å². The topological polar surface area (TPSA) is 42.2 Å². The van der Waals surface area contributed by atoms with Gasteiger partial charge in [-0.25, -0.2) is 4.79 Å². The highest BCUT2D eigenvalue weighted by molar-refractivity contribution is 9.10. The van der Waals surface area contributed by atoms with Crippen molar-refractivity contribution in [2.75, 3.05) is 0 Å². The predicted octanol–water partition coefficient (Wildman–Crippen LogP) is 4.20. The van der Waals surface area contributed by atoms with E-state index in [1.165, 1.54) is 0 Å². The van der Waals surface area contributed by atoms with Crippen LogP contribution in [-0.4, -0.2) is 15.6 Å². The van der Waals surface area contributed by atoms with E-state index in [-0.39, 0.29) is 6.04 Å². The SMILES string of the molecule is CC(C)n1cc(-c2ccccc2Br)cc1C(=O)O. The van der Waals surface area contributed by atoms with Gasteiger partial charge in [0.1, 0.15) is 5.69 Å². The number of carboxylic acid groups (broad SMARTS) is 1. The maximum absolute atomic E-state index is 11.2. The molecule has 2 aromatic rings. The summed E-state index contributed by atoms with van der Waals surface area (Å²) >= 11 is 3.48. The Morgan fingerprint density at radius 1 is 1.33 bits per heavy atom. The van der Waals surface area contributed by atoms with Gasteiger partial charge in [0.15, 0.2) is 0 Å². The van der Waals surface area contributed by atoms with Crippen LogP contribution in [0.15, 0.2) is 41.0 Å². The zero-order valence-corrected chi connectivity index (χ0v) is 11.8. The number of hydrogen-bond donors (Lipinski definition) is 1. The Morgan fingerprint density at radius 3 is 2.50 bits per heavy atom. The summed E-state index contributed by atoms with van der Waals surface area (Å²) in [7, 11) is 0. The van der Waals surface area contributed by atoms with E-state index in [1.54, 1.807) is 10.6 Å². The van der Waals surface area contributed by atoms with E-state index in [1.807, 2.05) is 44.3 Å². The van der Waals surface area contributed by atoms with Crippen molar-refractivity contribution in [1.29, 1.82) is 0 Å². The summed E-state index contributed by atoms with van der Waals surface area (Å²) < 4.78 is 2.74. The molecule has 0 unspecified atom stereocenters. The number of aromatic carboxylic acids is 1. The lowest BCUT2D eigenvalue weighted by Gasteiger charge is -2.09. The Labute approximate surface area is 114 Å². The second kappa shape index (κ2) is 4.98. The summed E-state index contributed by atoms with van der Waals surface area (Å²) in [4.78, 5) is 11.2. The molecule has 1 N–H and O–H groups in total. The molecule has 18 heavy (non-hydrogen) atoms. The van der Waals surface area contributed by atoms with Crippen molar-refractivity contribution >= 4 is 21.9 Å². The third-order valence-corrected chi connectivity index (χ3v) is 3.50. The van der Waals surface area contributed by atoms with Gasteiger partial charge in [0.05, 0.1) is 0 Å². The molecule has 1 aromatic carbocycles. The fourth-order valence-electron chi connectivity index (χ4n) is 1.92. The molecular weight excluding hydrogens is 294 g/mol. The maximum Gasteiger partial charge on any atom is 0.352 e. The van der Waals surface area contributed by atoms with Crippen LogP contribution in [0.3, 0.4) is 0 Å². The van der Waals surface area contributed by atoms with Crippen molar-refractivity contribution in [2.24, 2.45) is 0 Å². The van der Waals surface area contributed by atoms with E-state index in [4.69, 9.17) is 0 Å². The van der Waals surface area contributed by atoms with E-state index in [2.05, 4.69) is 15.9 Å². The lowest BCUT2D eigenvalue weighted by molar-refractivity contribution is 0.0683. The molecule has 0 bridgehead atoms. The Kier molecular flexibility index (Phi) is 3.57. The second-order valence-electron chi connectivity index (χ2n) is 4.40. The Balaban J connectivity index is 2.57. The second-order valence-corrected chi connectivity index (χ2v) is 5.25. The van der Waals surface area contributed by atoms with Gasteiger partial charge < -0.3 is 9.67 Å². The minimum absolute atomic E-state index is 0.118. The molecule has 0 saturated heterocycles. The number of carboxylic acids is 1. The zero-order valence-electron chi connectivity index (χ0n) is 10.2. The quantitative estimate of drug-likeness (QED) is 0.923. The van der Waals surface area contributed by atoms with Gasteiger partial charge in [-0.1, -0.05) is 34.1 Å². The van der Waals surface area contributed by atoms with Gasteiger partial charge >= 0.3 is 5.97 Å². The Bertz CT molecular complexity index is 587. The first kappa shape index (κ1) is 12.9. The van der Waals surface area contributed by atoms with Crippen molar-refractivity contribution in [1.82, 2.24) is 4.57 Å². The number of rotatable bonds is 3. The van der Waals surface area contributed by atoms with E-state index in [9.17, 15) is 9.90 Å². The molecule has 0 radical (unpaired) electrons. The monoisotopic (exact) mass is 307 g/mol. The van der Waals surface area contributed by atoms with Gasteiger partial charge in [-0.3, -0.25) is 0 Å². The minimum atomic E-state index is -0.901. The van der Waals surface area contributed by atoms with Crippen LogP contribution in [0.1, 0.15) is 30.4 Å². The summed E-state index contributed by atoms with van der Waals surface area (Å²) in [6, 6.07) is 9.62. The molecule has 1 aromatic heterocycles. The van der Waals surface area contributed by atoms with Crippen LogP contribution >= 0.6 is 15.9 Å². The normalized spacial score (nSPS) is 10.9. The number of halogens is 1. The molecule has 0 aliphatic rings. The number of aromatic nitrogens is 1. The minimum Gasteiger partial charge on any atom is -0.477 e. The number of nitrogens with zero attached hydrogens (tertiary/aromatic N) is 1.